The summed E-state index contributed by atoms with van der Waals surface area (Å²) in [6.45, 7) is 9.99. The molecular formula is C24H34N4O2. The van der Waals surface area contributed by atoms with Crippen LogP contribution in [-0.4, -0.2) is 32.1 Å². The highest BCUT2D eigenvalue weighted by Gasteiger charge is 2.07. The first-order valence-corrected chi connectivity index (χ1v) is 10.5. The van der Waals surface area contributed by atoms with Crippen molar-refractivity contribution in [2.24, 2.45) is 10.9 Å². The van der Waals surface area contributed by atoms with Gasteiger partial charge in [0.05, 0.1) is 13.7 Å². The first-order chi connectivity index (χ1) is 14.4. The third-order valence-corrected chi connectivity index (χ3v) is 4.63. The van der Waals surface area contributed by atoms with Gasteiger partial charge in [-0.05, 0) is 49.6 Å². The minimum atomic E-state index is -0.0391. The van der Waals surface area contributed by atoms with Crippen LogP contribution in [-0.2, 0) is 17.8 Å². The molecule has 2 aromatic carbocycles. The number of carbonyl (C=O) groups excluding carboxylic acids is 1. The summed E-state index contributed by atoms with van der Waals surface area (Å²) in [4.78, 5) is 16.5. The van der Waals surface area contributed by atoms with Crippen molar-refractivity contribution in [1.82, 2.24) is 10.6 Å². The average molecular weight is 411 g/mol. The van der Waals surface area contributed by atoms with Gasteiger partial charge in [0, 0.05) is 24.7 Å². The van der Waals surface area contributed by atoms with Crippen molar-refractivity contribution >= 4 is 17.6 Å². The van der Waals surface area contributed by atoms with E-state index in [-0.39, 0.29) is 11.8 Å². The number of methoxy groups -OCH3 is 1. The van der Waals surface area contributed by atoms with E-state index in [1.165, 1.54) is 11.1 Å². The molecule has 0 aliphatic carbocycles. The molecule has 0 atom stereocenters. The molecule has 2 rings (SSSR count). The van der Waals surface area contributed by atoms with Gasteiger partial charge in [-0.15, -0.1) is 0 Å². The molecule has 30 heavy (non-hydrogen) atoms. The lowest BCUT2D eigenvalue weighted by molar-refractivity contribution is -0.118. The molecule has 6 heteroatoms. The second-order valence-corrected chi connectivity index (χ2v) is 7.53. The fourth-order valence-electron chi connectivity index (χ4n) is 2.91. The van der Waals surface area contributed by atoms with Crippen LogP contribution in [0.5, 0.6) is 5.75 Å². The van der Waals surface area contributed by atoms with E-state index >= 15 is 0 Å². The normalized spacial score (nSPS) is 11.3. The van der Waals surface area contributed by atoms with E-state index in [0.29, 0.717) is 6.54 Å². The largest absolute Gasteiger partial charge is 0.496 e. The van der Waals surface area contributed by atoms with Gasteiger partial charge in [0.25, 0.3) is 0 Å². The van der Waals surface area contributed by atoms with Crippen molar-refractivity contribution in [3.8, 4) is 5.75 Å². The number of ether oxygens (including phenoxy) is 1. The lowest BCUT2D eigenvalue weighted by Gasteiger charge is -2.13. The van der Waals surface area contributed by atoms with Gasteiger partial charge < -0.3 is 20.7 Å². The SMILES string of the molecule is CCNC(=NCc1ccc(NC(=O)C(C)C)cc1)NCCc1cc(C)ccc1OC. The van der Waals surface area contributed by atoms with E-state index in [1.807, 2.05) is 51.1 Å². The zero-order valence-electron chi connectivity index (χ0n) is 18.7. The van der Waals surface area contributed by atoms with Crippen LogP contribution in [0.2, 0.25) is 0 Å². The predicted octanol–water partition coefficient (Wildman–Crippen LogP) is 3.90. The third kappa shape index (κ3) is 7.43. The van der Waals surface area contributed by atoms with Gasteiger partial charge >= 0.3 is 0 Å². The zero-order chi connectivity index (χ0) is 21.9. The van der Waals surface area contributed by atoms with Crippen LogP contribution >= 0.6 is 0 Å². The summed E-state index contributed by atoms with van der Waals surface area (Å²) in [5.41, 5.74) is 4.29. The molecule has 0 unspecified atom stereocenters. The lowest BCUT2D eigenvalue weighted by atomic mass is 10.1. The van der Waals surface area contributed by atoms with Crippen LogP contribution in [0, 0.1) is 12.8 Å². The number of aliphatic imine (C=N–C) groups is 1. The van der Waals surface area contributed by atoms with Gasteiger partial charge in [0.1, 0.15) is 5.75 Å². The monoisotopic (exact) mass is 410 g/mol. The Morgan fingerprint density at radius 3 is 2.47 bits per heavy atom. The van der Waals surface area contributed by atoms with Crippen LogP contribution in [0.25, 0.3) is 0 Å². The minimum absolute atomic E-state index is 0.0182. The molecule has 0 saturated heterocycles. The molecule has 0 aromatic heterocycles. The Labute approximate surface area is 180 Å². The van der Waals surface area contributed by atoms with Gasteiger partial charge in [-0.1, -0.05) is 43.7 Å². The Kier molecular flexibility index (Phi) is 9.19. The van der Waals surface area contributed by atoms with Crippen LogP contribution in [0.1, 0.15) is 37.5 Å². The third-order valence-electron chi connectivity index (χ3n) is 4.63. The molecule has 162 valence electrons. The number of benzene rings is 2. The molecule has 6 nitrogen and oxygen atoms in total. The smallest absolute Gasteiger partial charge is 0.226 e. The zero-order valence-corrected chi connectivity index (χ0v) is 18.7. The maximum absolute atomic E-state index is 11.8. The van der Waals surface area contributed by atoms with E-state index in [9.17, 15) is 4.79 Å². The highest BCUT2D eigenvalue weighted by Crippen LogP contribution is 2.19. The lowest BCUT2D eigenvalue weighted by Crippen LogP contribution is -2.38. The number of hydrogen-bond donors (Lipinski definition) is 3. The summed E-state index contributed by atoms with van der Waals surface area (Å²) in [5.74, 6) is 1.67. The quantitative estimate of drug-likeness (QED) is 0.433. The summed E-state index contributed by atoms with van der Waals surface area (Å²) in [5, 5.41) is 9.57. The van der Waals surface area contributed by atoms with Gasteiger partial charge in [-0.3, -0.25) is 4.79 Å². The second-order valence-electron chi connectivity index (χ2n) is 7.53. The van der Waals surface area contributed by atoms with Crippen molar-refractivity contribution < 1.29 is 9.53 Å². The number of nitrogens with one attached hydrogen (secondary N) is 3. The number of nitrogens with zero attached hydrogens (tertiary/aromatic N) is 1. The summed E-state index contributed by atoms with van der Waals surface area (Å²) in [6.07, 6.45) is 0.847. The fourth-order valence-corrected chi connectivity index (χ4v) is 2.91. The number of carbonyl (C=O) groups is 1. The van der Waals surface area contributed by atoms with Crippen LogP contribution in [0.4, 0.5) is 5.69 Å². The number of guanidine groups is 1. The van der Waals surface area contributed by atoms with E-state index in [1.54, 1.807) is 7.11 Å². The van der Waals surface area contributed by atoms with E-state index in [4.69, 9.17) is 4.74 Å². The molecule has 0 heterocycles. The predicted molar refractivity (Wildman–Crippen MR) is 124 cm³/mol. The maximum Gasteiger partial charge on any atom is 0.226 e. The summed E-state index contributed by atoms with van der Waals surface area (Å²) < 4.78 is 5.46. The van der Waals surface area contributed by atoms with E-state index in [2.05, 4.69) is 40.0 Å². The van der Waals surface area contributed by atoms with Crippen LogP contribution in [0.15, 0.2) is 47.5 Å². The average Bonchev–Trinajstić information content (AvgIpc) is 2.73. The van der Waals surface area contributed by atoms with Gasteiger partial charge in [0.2, 0.25) is 5.91 Å². The number of rotatable bonds is 9. The minimum Gasteiger partial charge on any atom is -0.496 e. The number of hydrogen-bond acceptors (Lipinski definition) is 3. The summed E-state index contributed by atoms with van der Waals surface area (Å²) in [7, 11) is 1.70. The molecule has 1 amide bonds. The summed E-state index contributed by atoms with van der Waals surface area (Å²) in [6, 6.07) is 14.0. The van der Waals surface area contributed by atoms with Crippen molar-refractivity contribution in [2.75, 3.05) is 25.5 Å². The Balaban J connectivity index is 1.92. The Morgan fingerprint density at radius 1 is 1.10 bits per heavy atom. The molecule has 3 N–H and O–H groups in total. The molecule has 0 aliphatic rings. The second kappa shape index (κ2) is 11.9. The molecule has 0 aliphatic heterocycles. The van der Waals surface area contributed by atoms with Gasteiger partial charge in [-0.2, -0.15) is 0 Å². The molecule has 0 bridgehead atoms. The van der Waals surface area contributed by atoms with Gasteiger partial charge in [0.15, 0.2) is 5.96 Å². The first kappa shape index (κ1) is 23.3. The Morgan fingerprint density at radius 2 is 1.83 bits per heavy atom. The standard InChI is InChI=1S/C24H34N4O2/c1-6-25-24(26-14-13-20-15-18(4)7-12-22(20)30-5)27-16-19-8-10-21(11-9-19)28-23(29)17(2)3/h7-12,15,17H,6,13-14,16H2,1-5H3,(H,28,29)(H2,25,26,27). The van der Waals surface area contributed by atoms with Crippen molar-refractivity contribution in [1.29, 1.82) is 0 Å². The molecular weight excluding hydrogens is 376 g/mol. The van der Waals surface area contributed by atoms with Crippen molar-refractivity contribution in [3.05, 3.63) is 59.2 Å². The van der Waals surface area contributed by atoms with Gasteiger partial charge in [-0.25, -0.2) is 4.99 Å². The Bertz CT molecular complexity index is 845. The highest BCUT2D eigenvalue weighted by atomic mass is 16.5. The van der Waals surface area contributed by atoms with Crippen LogP contribution < -0.4 is 20.7 Å². The van der Waals surface area contributed by atoms with Crippen molar-refractivity contribution in [2.45, 2.75) is 40.7 Å². The molecule has 0 spiro atoms. The molecule has 2 aromatic rings. The van der Waals surface area contributed by atoms with Crippen LogP contribution in [0.3, 0.4) is 0 Å². The van der Waals surface area contributed by atoms with E-state index < -0.39 is 0 Å². The molecule has 0 fully saturated rings. The topological polar surface area (TPSA) is 74.8 Å². The summed E-state index contributed by atoms with van der Waals surface area (Å²) >= 11 is 0. The number of aryl methyl sites for hydroxylation is 1. The maximum atomic E-state index is 11.8. The molecule has 0 saturated carbocycles. The first-order valence-electron chi connectivity index (χ1n) is 10.5. The molecule has 0 radical (unpaired) electrons. The number of amides is 1. The van der Waals surface area contributed by atoms with E-state index in [0.717, 1.165) is 42.5 Å². The number of anilines is 1. The fraction of sp³-hybridized carbons (Fsp3) is 0.417. The highest BCUT2D eigenvalue weighted by molar-refractivity contribution is 5.92. The van der Waals surface area contributed by atoms with Crippen molar-refractivity contribution in [3.63, 3.8) is 0 Å². The Hall–Kier alpha value is -3.02.